The molecular weight excluding hydrogens is 498 g/mol. The molecule has 3 aromatic rings. The summed E-state index contributed by atoms with van der Waals surface area (Å²) in [5.41, 5.74) is 0.714. The van der Waals surface area contributed by atoms with Gasteiger partial charge in [0.05, 0.1) is 24.7 Å². The number of nitrogens with zero attached hydrogens (tertiary/aromatic N) is 3. The lowest BCUT2D eigenvalue weighted by Crippen LogP contribution is -2.39. The fraction of sp³-hybridized carbons (Fsp3) is 0.391. The molecule has 2 aromatic carbocycles. The maximum absolute atomic E-state index is 13.7. The van der Waals surface area contributed by atoms with E-state index in [1.54, 1.807) is 43.4 Å². The Morgan fingerprint density at radius 3 is 2.21 bits per heavy atom. The number of thiazole rings is 1. The van der Waals surface area contributed by atoms with Crippen LogP contribution in [0.1, 0.15) is 24.2 Å². The van der Waals surface area contributed by atoms with Crippen molar-refractivity contribution in [1.29, 1.82) is 0 Å². The maximum Gasteiger partial charge on any atom is 0.261 e. The molecule has 0 fully saturated rings. The van der Waals surface area contributed by atoms with Gasteiger partial charge in [0.1, 0.15) is 21.7 Å². The molecule has 0 saturated heterocycles. The Morgan fingerprint density at radius 1 is 1.00 bits per heavy atom. The largest absolute Gasteiger partial charge is 0.495 e. The maximum atomic E-state index is 13.7. The molecule has 0 N–H and O–H groups in total. The van der Waals surface area contributed by atoms with Crippen molar-refractivity contribution < 1.29 is 22.7 Å². The highest BCUT2D eigenvalue weighted by Gasteiger charge is 2.27. The number of sulfone groups is 1. The van der Waals surface area contributed by atoms with Crippen molar-refractivity contribution in [3.05, 3.63) is 42.0 Å². The number of benzene rings is 2. The number of rotatable bonds is 10. The van der Waals surface area contributed by atoms with E-state index < -0.39 is 15.7 Å². The molecule has 1 amide bonds. The molecule has 186 valence electrons. The summed E-state index contributed by atoms with van der Waals surface area (Å²) in [5, 5.41) is 0.452. The fourth-order valence-electron chi connectivity index (χ4n) is 3.57. The van der Waals surface area contributed by atoms with Crippen molar-refractivity contribution >= 4 is 54.8 Å². The van der Waals surface area contributed by atoms with Gasteiger partial charge in [-0.1, -0.05) is 37.3 Å². The van der Waals surface area contributed by atoms with Gasteiger partial charge in [-0.3, -0.25) is 9.69 Å². The van der Waals surface area contributed by atoms with Gasteiger partial charge >= 0.3 is 0 Å². The molecule has 11 heteroatoms. The average molecular weight is 528 g/mol. The fourth-order valence-corrected chi connectivity index (χ4v) is 5.55. The Balaban J connectivity index is 0.00000408. The van der Waals surface area contributed by atoms with E-state index in [4.69, 9.17) is 14.5 Å². The first-order chi connectivity index (χ1) is 15.7. The Hall–Kier alpha value is -2.40. The lowest BCUT2D eigenvalue weighted by molar-refractivity contribution is 0.0980. The van der Waals surface area contributed by atoms with Gasteiger partial charge in [-0.2, -0.15) is 0 Å². The third kappa shape index (κ3) is 5.80. The van der Waals surface area contributed by atoms with Crippen molar-refractivity contribution in [3.8, 4) is 11.5 Å². The van der Waals surface area contributed by atoms with Gasteiger partial charge in [0, 0.05) is 19.3 Å². The molecule has 8 nitrogen and oxygen atoms in total. The van der Waals surface area contributed by atoms with Crippen LogP contribution in [-0.2, 0) is 9.84 Å². The molecule has 0 saturated carbocycles. The van der Waals surface area contributed by atoms with Gasteiger partial charge in [-0.05, 0) is 37.4 Å². The number of aromatic nitrogens is 1. The summed E-state index contributed by atoms with van der Waals surface area (Å²) in [6.07, 6.45) is 1.10. The van der Waals surface area contributed by atoms with Crippen molar-refractivity contribution in [2.75, 3.05) is 51.6 Å². The molecule has 0 aliphatic rings. The molecular formula is C23H30ClN3O5S2. The minimum Gasteiger partial charge on any atom is -0.495 e. The average Bonchev–Trinajstić information content (AvgIpc) is 3.25. The van der Waals surface area contributed by atoms with E-state index in [0.717, 1.165) is 24.0 Å². The predicted octanol–water partition coefficient (Wildman–Crippen LogP) is 4.13. The number of carbonyl (C=O) groups excluding carboxylic acids is 1. The zero-order valence-corrected chi connectivity index (χ0v) is 22.3. The minimum atomic E-state index is -3.60. The highest BCUT2D eigenvalue weighted by molar-refractivity contribution is 7.90. The van der Waals surface area contributed by atoms with Gasteiger partial charge < -0.3 is 14.4 Å². The van der Waals surface area contributed by atoms with Crippen molar-refractivity contribution in [2.24, 2.45) is 0 Å². The van der Waals surface area contributed by atoms with Crippen LogP contribution in [-0.4, -0.2) is 70.9 Å². The van der Waals surface area contributed by atoms with Crippen LogP contribution in [0.5, 0.6) is 11.5 Å². The first-order valence-electron chi connectivity index (χ1n) is 10.6. The van der Waals surface area contributed by atoms with E-state index in [9.17, 15) is 13.2 Å². The molecule has 3 rings (SSSR count). The van der Waals surface area contributed by atoms with Crippen molar-refractivity contribution in [1.82, 2.24) is 9.88 Å². The SMILES string of the molecule is CCN(CC)CCN(C(=O)c1ccccc1S(C)(=O)=O)c1nc2c(OC)ccc(OC)c2s1.Cl. The quantitative estimate of drug-likeness (QED) is 0.391. The van der Waals surface area contributed by atoms with Gasteiger partial charge in [-0.15, -0.1) is 12.4 Å². The Labute approximate surface area is 210 Å². The van der Waals surface area contributed by atoms with Crippen LogP contribution in [0.2, 0.25) is 0 Å². The molecule has 0 atom stereocenters. The third-order valence-corrected chi connectivity index (χ3v) is 7.67. The number of likely N-dealkylation sites (N-methyl/N-ethyl adjacent to an activating group) is 1. The molecule has 0 aliphatic carbocycles. The highest BCUT2D eigenvalue weighted by Crippen LogP contribution is 2.40. The number of anilines is 1. The normalized spacial score (nSPS) is 11.4. The molecule has 0 unspecified atom stereocenters. The molecule has 0 spiro atoms. The second-order valence-electron chi connectivity index (χ2n) is 7.40. The molecule has 0 aliphatic heterocycles. The number of methoxy groups -OCH3 is 2. The van der Waals surface area contributed by atoms with Crippen molar-refractivity contribution in [3.63, 3.8) is 0 Å². The van der Waals surface area contributed by atoms with E-state index in [1.165, 1.54) is 23.5 Å². The molecule has 1 heterocycles. The zero-order chi connectivity index (χ0) is 24.2. The predicted molar refractivity (Wildman–Crippen MR) is 139 cm³/mol. The summed E-state index contributed by atoms with van der Waals surface area (Å²) in [4.78, 5) is 22.2. The topological polar surface area (TPSA) is 89.0 Å². The van der Waals surface area contributed by atoms with Gasteiger partial charge in [0.25, 0.3) is 5.91 Å². The number of halogens is 1. The number of ether oxygens (including phenoxy) is 2. The van der Waals surface area contributed by atoms with Crippen LogP contribution in [0.4, 0.5) is 5.13 Å². The van der Waals surface area contributed by atoms with Gasteiger partial charge in [-0.25, -0.2) is 13.4 Å². The number of hydrogen-bond acceptors (Lipinski definition) is 8. The minimum absolute atomic E-state index is 0. The van der Waals surface area contributed by atoms with Crippen LogP contribution in [0, 0.1) is 0 Å². The summed E-state index contributed by atoms with van der Waals surface area (Å²) >= 11 is 1.31. The van der Waals surface area contributed by atoms with E-state index in [0.29, 0.717) is 35.2 Å². The molecule has 34 heavy (non-hydrogen) atoms. The highest BCUT2D eigenvalue weighted by atomic mass is 35.5. The van der Waals surface area contributed by atoms with Crippen LogP contribution in [0.25, 0.3) is 10.2 Å². The number of carbonyl (C=O) groups is 1. The Bertz CT molecular complexity index is 1200. The summed E-state index contributed by atoms with van der Waals surface area (Å²) in [7, 11) is -0.459. The van der Waals surface area contributed by atoms with E-state index in [2.05, 4.69) is 18.7 Å². The van der Waals surface area contributed by atoms with Crippen LogP contribution in [0.3, 0.4) is 0 Å². The zero-order valence-electron chi connectivity index (χ0n) is 19.9. The van der Waals surface area contributed by atoms with Gasteiger partial charge in [0.2, 0.25) is 0 Å². The van der Waals surface area contributed by atoms with Crippen LogP contribution in [0.15, 0.2) is 41.3 Å². The molecule has 1 aromatic heterocycles. The van der Waals surface area contributed by atoms with E-state index >= 15 is 0 Å². The smallest absolute Gasteiger partial charge is 0.261 e. The van der Waals surface area contributed by atoms with Crippen molar-refractivity contribution in [2.45, 2.75) is 18.7 Å². The summed E-state index contributed by atoms with van der Waals surface area (Å²) in [6.45, 7) is 6.75. The Kier molecular flexibility index (Phi) is 9.69. The molecule has 0 radical (unpaired) electrons. The second-order valence-corrected chi connectivity index (χ2v) is 10.4. The summed E-state index contributed by atoms with van der Waals surface area (Å²) < 4.78 is 36.4. The lowest BCUT2D eigenvalue weighted by Gasteiger charge is -2.25. The monoisotopic (exact) mass is 527 g/mol. The number of hydrogen-bond donors (Lipinski definition) is 0. The summed E-state index contributed by atoms with van der Waals surface area (Å²) in [5.74, 6) is 0.781. The lowest BCUT2D eigenvalue weighted by atomic mass is 10.2. The van der Waals surface area contributed by atoms with E-state index in [1.807, 2.05) is 0 Å². The first-order valence-corrected chi connectivity index (χ1v) is 13.3. The molecule has 0 bridgehead atoms. The standard InChI is InChI=1S/C23H29N3O5S2.ClH/c1-6-25(7-2)14-15-26(22(27)16-10-8-9-11-19(16)33(5,28)29)23-24-20-17(30-3)12-13-18(31-4)21(20)32-23;/h8-13H,6-7,14-15H2,1-5H3;1H. The summed E-state index contributed by atoms with van der Waals surface area (Å²) in [6, 6.07) is 9.83. The second kappa shape index (κ2) is 11.8. The first kappa shape index (κ1) is 27.8. The third-order valence-electron chi connectivity index (χ3n) is 5.43. The Morgan fingerprint density at radius 2 is 1.62 bits per heavy atom. The number of fused-ring (bicyclic) bond motifs is 1. The van der Waals surface area contributed by atoms with Crippen LogP contribution >= 0.6 is 23.7 Å². The van der Waals surface area contributed by atoms with Gasteiger partial charge in [0.15, 0.2) is 15.0 Å². The van der Waals surface area contributed by atoms with Crippen LogP contribution < -0.4 is 14.4 Å². The number of amides is 1. The van der Waals surface area contributed by atoms with E-state index in [-0.39, 0.29) is 22.9 Å².